The monoisotopic (exact) mass is 287 g/mol. The van der Waals surface area contributed by atoms with E-state index < -0.39 is 0 Å². The van der Waals surface area contributed by atoms with Gasteiger partial charge in [-0.25, -0.2) is 4.98 Å². The van der Waals surface area contributed by atoms with Crippen LogP contribution in [0.25, 0.3) is 11.0 Å². The van der Waals surface area contributed by atoms with Gasteiger partial charge in [-0.05, 0) is 18.1 Å². The first-order chi connectivity index (χ1) is 10.2. The van der Waals surface area contributed by atoms with Gasteiger partial charge in [-0.3, -0.25) is 4.79 Å². The van der Waals surface area contributed by atoms with Crippen molar-refractivity contribution in [3.8, 4) is 0 Å². The lowest BCUT2D eigenvalue weighted by Gasteiger charge is -2.14. The van der Waals surface area contributed by atoms with Gasteiger partial charge in [0.15, 0.2) is 0 Å². The lowest BCUT2D eigenvalue weighted by molar-refractivity contribution is -0.120. The summed E-state index contributed by atoms with van der Waals surface area (Å²) in [5.74, 6) is 1.78. The molecule has 0 fully saturated rings. The zero-order valence-corrected chi connectivity index (χ0v) is 13.2. The van der Waals surface area contributed by atoms with Gasteiger partial charge < -0.3 is 9.88 Å². The number of hydrogen-bond acceptors (Lipinski definition) is 2. The molecule has 1 heterocycles. The molecule has 1 aromatic heterocycles. The van der Waals surface area contributed by atoms with Crippen molar-refractivity contribution < 1.29 is 4.79 Å². The lowest BCUT2D eigenvalue weighted by atomic mass is 10.1. The van der Waals surface area contributed by atoms with Crippen molar-refractivity contribution in [2.45, 2.75) is 46.6 Å². The molecule has 2 aromatic rings. The largest absolute Gasteiger partial charge is 0.356 e. The topological polar surface area (TPSA) is 46.9 Å². The number of amides is 1. The van der Waals surface area contributed by atoms with Crippen LogP contribution >= 0.6 is 0 Å². The van der Waals surface area contributed by atoms with Crippen molar-refractivity contribution in [3.05, 3.63) is 30.1 Å². The third-order valence-electron chi connectivity index (χ3n) is 3.92. The Kier molecular flexibility index (Phi) is 5.37. The number of nitrogens with zero attached hydrogens (tertiary/aromatic N) is 2. The van der Waals surface area contributed by atoms with Gasteiger partial charge in [0.25, 0.3) is 0 Å². The number of para-hydroxylation sites is 2. The molecule has 0 radical (unpaired) electrons. The van der Waals surface area contributed by atoms with E-state index in [4.69, 9.17) is 4.98 Å². The van der Waals surface area contributed by atoms with Crippen LogP contribution in [-0.2, 0) is 17.8 Å². The van der Waals surface area contributed by atoms with Crippen LogP contribution in [0, 0.1) is 5.92 Å². The van der Waals surface area contributed by atoms with Crippen LogP contribution < -0.4 is 5.32 Å². The Morgan fingerprint density at radius 3 is 2.81 bits per heavy atom. The Balaban J connectivity index is 2.20. The quantitative estimate of drug-likeness (QED) is 0.850. The standard InChI is InChI=1S/C17H25N3O/c1-4-13(3)12-20-15-9-7-6-8-14(15)19-16(20)10-11-18-17(21)5-2/h6-9,13H,4-5,10-12H2,1-3H3,(H,18,21). The second kappa shape index (κ2) is 7.25. The molecule has 1 aromatic carbocycles. The van der Waals surface area contributed by atoms with Gasteiger partial charge >= 0.3 is 0 Å². The molecule has 1 N–H and O–H groups in total. The van der Waals surface area contributed by atoms with Crippen LogP contribution in [0.5, 0.6) is 0 Å². The summed E-state index contributed by atoms with van der Waals surface area (Å²) in [5, 5.41) is 2.93. The molecule has 4 heteroatoms. The summed E-state index contributed by atoms with van der Waals surface area (Å²) >= 11 is 0. The van der Waals surface area contributed by atoms with Crippen molar-refractivity contribution >= 4 is 16.9 Å². The fourth-order valence-electron chi connectivity index (χ4n) is 2.40. The molecule has 0 spiro atoms. The van der Waals surface area contributed by atoms with Crippen LogP contribution in [0.3, 0.4) is 0 Å². The first kappa shape index (κ1) is 15.5. The van der Waals surface area contributed by atoms with Crippen molar-refractivity contribution in [1.82, 2.24) is 14.9 Å². The highest BCUT2D eigenvalue weighted by molar-refractivity contribution is 5.76. The van der Waals surface area contributed by atoms with Crippen molar-refractivity contribution in [2.75, 3.05) is 6.54 Å². The number of fused-ring (bicyclic) bond motifs is 1. The number of aromatic nitrogens is 2. The van der Waals surface area contributed by atoms with Crippen LogP contribution in [0.15, 0.2) is 24.3 Å². The highest BCUT2D eigenvalue weighted by Gasteiger charge is 2.12. The SMILES string of the molecule is CCC(=O)NCCc1nc2ccccc2n1CC(C)CC. The molecule has 0 aliphatic heterocycles. The fraction of sp³-hybridized carbons (Fsp3) is 0.529. The van der Waals surface area contributed by atoms with E-state index in [9.17, 15) is 4.79 Å². The highest BCUT2D eigenvalue weighted by atomic mass is 16.1. The molecule has 0 aliphatic rings. The van der Waals surface area contributed by atoms with E-state index in [0.29, 0.717) is 18.9 Å². The Bertz CT molecular complexity index is 603. The summed E-state index contributed by atoms with van der Waals surface area (Å²) in [6.45, 7) is 7.97. The Labute approximate surface area is 126 Å². The molecular weight excluding hydrogens is 262 g/mol. The highest BCUT2D eigenvalue weighted by Crippen LogP contribution is 2.19. The fourth-order valence-corrected chi connectivity index (χ4v) is 2.40. The van der Waals surface area contributed by atoms with Gasteiger partial charge in [0.05, 0.1) is 11.0 Å². The van der Waals surface area contributed by atoms with Crippen molar-refractivity contribution in [2.24, 2.45) is 5.92 Å². The van der Waals surface area contributed by atoms with Crippen LogP contribution in [-0.4, -0.2) is 22.0 Å². The third kappa shape index (κ3) is 3.84. The zero-order valence-electron chi connectivity index (χ0n) is 13.2. The van der Waals surface area contributed by atoms with Gasteiger partial charge in [-0.1, -0.05) is 39.3 Å². The maximum Gasteiger partial charge on any atom is 0.219 e. The number of hydrogen-bond donors (Lipinski definition) is 1. The summed E-state index contributed by atoms with van der Waals surface area (Å²) in [6.07, 6.45) is 2.46. The number of carbonyl (C=O) groups is 1. The molecular formula is C17H25N3O. The smallest absolute Gasteiger partial charge is 0.219 e. The average molecular weight is 287 g/mol. The van der Waals surface area contributed by atoms with Gasteiger partial charge in [0.2, 0.25) is 5.91 Å². The van der Waals surface area contributed by atoms with E-state index in [1.54, 1.807) is 0 Å². The van der Waals surface area contributed by atoms with Gasteiger partial charge in [-0.2, -0.15) is 0 Å². The van der Waals surface area contributed by atoms with E-state index in [-0.39, 0.29) is 5.91 Å². The van der Waals surface area contributed by atoms with Crippen molar-refractivity contribution in [1.29, 1.82) is 0 Å². The molecule has 1 unspecified atom stereocenters. The van der Waals surface area contributed by atoms with Gasteiger partial charge in [0.1, 0.15) is 5.82 Å². The number of benzene rings is 1. The summed E-state index contributed by atoms with van der Waals surface area (Å²) in [7, 11) is 0. The Morgan fingerprint density at radius 1 is 1.33 bits per heavy atom. The maximum atomic E-state index is 11.3. The normalized spacial score (nSPS) is 12.5. The predicted molar refractivity (Wildman–Crippen MR) is 86.2 cm³/mol. The number of imidazole rings is 1. The van der Waals surface area contributed by atoms with E-state index >= 15 is 0 Å². The first-order valence-electron chi connectivity index (χ1n) is 7.86. The molecule has 1 atom stereocenters. The molecule has 0 saturated heterocycles. The lowest BCUT2D eigenvalue weighted by Crippen LogP contribution is -2.25. The van der Waals surface area contributed by atoms with Crippen molar-refractivity contribution in [3.63, 3.8) is 0 Å². The maximum absolute atomic E-state index is 11.3. The molecule has 0 bridgehead atoms. The molecule has 0 aliphatic carbocycles. The summed E-state index contributed by atoms with van der Waals surface area (Å²) in [6, 6.07) is 8.25. The molecule has 114 valence electrons. The molecule has 21 heavy (non-hydrogen) atoms. The van der Waals surface area contributed by atoms with Crippen LogP contribution in [0.1, 0.15) is 39.4 Å². The molecule has 1 amide bonds. The third-order valence-corrected chi connectivity index (χ3v) is 3.92. The molecule has 4 nitrogen and oxygen atoms in total. The minimum absolute atomic E-state index is 0.0968. The zero-order chi connectivity index (χ0) is 15.2. The van der Waals surface area contributed by atoms with Crippen LogP contribution in [0.4, 0.5) is 0 Å². The van der Waals surface area contributed by atoms with E-state index in [1.165, 1.54) is 5.52 Å². The minimum Gasteiger partial charge on any atom is -0.356 e. The number of nitrogens with one attached hydrogen (secondary N) is 1. The Morgan fingerprint density at radius 2 is 2.10 bits per heavy atom. The predicted octanol–water partition coefficient (Wildman–Crippen LogP) is 3.15. The minimum atomic E-state index is 0.0968. The Hall–Kier alpha value is -1.84. The number of rotatable bonds is 7. The van der Waals surface area contributed by atoms with E-state index in [2.05, 4.69) is 41.9 Å². The summed E-state index contributed by atoms with van der Waals surface area (Å²) < 4.78 is 2.31. The first-order valence-corrected chi connectivity index (χ1v) is 7.86. The average Bonchev–Trinajstić information content (AvgIpc) is 2.85. The summed E-state index contributed by atoms with van der Waals surface area (Å²) in [5.41, 5.74) is 2.23. The van der Waals surface area contributed by atoms with Crippen LogP contribution in [0.2, 0.25) is 0 Å². The van der Waals surface area contributed by atoms with Gasteiger partial charge in [0, 0.05) is 25.9 Å². The second-order valence-electron chi connectivity index (χ2n) is 5.59. The second-order valence-corrected chi connectivity index (χ2v) is 5.59. The van der Waals surface area contributed by atoms with Gasteiger partial charge in [-0.15, -0.1) is 0 Å². The van der Waals surface area contributed by atoms with E-state index in [1.807, 2.05) is 13.0 Å². The van der Waals surface area contributed by atoms with E-state index in [0.717, 1.165) is 30.7 Å². The summed E-state index contributed by atoms with van der Waals surface area (Å²) in [4.78, 5) is 16.1. The number of carbonyl (C=O) groups excluding carboxylic acids is 1. The molecule has 0 saturated carbocycles. The molecule has 2 rings (SSSR count).